The van der Waals surface area contributed by atoms with Crippen molar-refractivity contribution < 1.29 is 32.6 Å². The molecule has 8 aromatic rings. The third kappa shape index (κ3) is 9.40. The summed E-state index contributed by atoms with van der Waals surface area (Å²) in [5.41, 5.74) is 8.32. The van der Waals surface area contributed by atoms with E-state index in [1.807, 2.05) is 66.3 Å². The Balaban J connectivity index is 0.863. The van der Waals surface area contributed by atoms with Gasteiger partial charge in [0.05, 0.1) is 55.0 Å². The molecule has 2 aliphatic rings. The van der Waals surface area contributed by atoms with Crippen LogP contribution in [0.1, 0.15) is 57.8 Å². The number of anilines is 1. The molecule has 1 aliphatic carbocycles. The molecule has 10 rings (SSSR count). The summed E-state index contributed by atoms with van der Waals surface area (Å²) in [6.07, 6.45) is 8.43. The number of hydrogen-bond donors (Lipinski definition) is 4. The zero-order chi connectivity index (χ0) is 51.3. The molecule has 1 saturated heterocycles. The summed E-state index contributed by atoms with van der Waals surface area (Å²) in [4.78, 5) is 38.2. The topological polar surface area (TPSA) is 244 Å². The lowest BCUT2D eigenvalue weighted by Crippen LogP contribution is -2.48. The van der Waals surface area contributed by atoms with Crippen LogP contribution in [0.15, 0.2) is 72.0 Å². The summed E-state index contributed by atoms with van der Waals surface area (Å²) in [6.45, 7) is 7.93. The quantitative estimate of drug-likeness (QED) is 0.0804. The first-order valence-electron chi connectivity index (χ1n) is 24.2. The van der Waals surface area contributed by atoms with E-state index in [0.717, 1.165) is 73.6 Å². The lowest BCUT2D eigenvalue weighted by molar-refractivity contribution is -0.138. The van der Waals surface area contributed by atoms with Crippen LogP contribution < -0.4 is 14.8 Å². The molecule has 19 nitrogen and oxygen atoms in total. The van der Waals surface area contributed by atoms with E-state index in [-0.39, 0.29) is 49.0 Å². The molecule has 0 spiro atoms. The Labute approximate surface area is 421 Å². The van der Waals surface area contributed by atoms with Crippen LogP contribution in [-0.2, 0) is 32.5 Å². The summed E-state index contributed by atoms with van der Waals surface area (Å²) in [5.74, 6) is 0.0369. The van der Waals surface area contributed by atoms with Gasteiger partial charge in [-0.2, -0.15) is 20.7 Å². The smallest absolute Gasteiger partial charge is 0.317 e. The zero-order valence-corrected chi connectivity index (χ0v) is 42.1. The molecule has 2 atom stereocenters. The summed E-state index contributed by atoms with van der Waals surface area (Å²) >= 11 is 0. The number of aliphatic carboxylic acids is 1. The van der Waals surface area contributed by atoms with E-state index in [0.29, 0.717) is 78.4 Å². The SMILES string of the molecule is COc1cc(C)c2[nH]ccc2c1Cn1cc2ccc(C#N)c(NCC(=O)N(C)C3CCC3c3cc4c(Cn5cc6ccc(C#N)c(OCCN7CCN(CC(=O)O)CC7)c6n5)c(S(C)(=O)=O)cc(C)c4[nH]3)c2n1. The Morgan fingerprint density at radius 1 is 0.877 bits per heavy atom. The molecule has 5 heterocycles. The molecule has 2 fully saturated rings. The maximum absolute atomic E-state index is 14.1. The number of nitrogens with zero attached hydrogens (tertiary/aromatic N) is 9. The number of methoxy groups -OCH3 is 1. The van der Waals surface area contributed by atoms with Crippen LogP contribution in [0.2, 0.25) is 0 Å². The molecular formula is C53H56N12O7S. The summed E-state index contributed by atoms with van der Waals surface area (Å²) in [7, 11) is -0.263. The number of aromatic nitrogens is 6. The zero-order valence-electron chi connectivity index (χ0n) is 41.3. The average Bonchev–Trinajstić information content (AvgIpc) is 4.18. The van der Waals surface area contributed by atoms with E-state index in [4.69, 9.17) is 24.8 Å². The van der Waals surface area contributed by atoms with Crippen molar-refractivity contribution >= 4 is 71.0 Å². The molecule has 2 unspecified atom stereocenters. The Hall–Kier alpha value is -7.91. The van der Waals surface area contributed by atoms with Gasteiger partial charge in [0, 0.05) is 126 Å². The number of hydrogen-bond acceptors (Lipinski definition) is 13. The fourth-order valence-electron chi connectivity index (χ4n) is 10.7. The molecule has 0 bridgehead atoms. The van der Waals surface area contributed by atoms with Gasteiger partial charge in [0.2, 0.25) is 5.91 Å². The lowest BCUT2D eigenvalue weighted by Gasteiger charge is -2.42. The molecule has 376 valence electrons. The summed E-state index contributed by atoms with van der Waals surface area (Å²) in [6, 6.07) is 19.2. The number of nitriles is 2. The largest absolute Gasteiger partial charge is 0.496 e. The lowest BCUT2D eigenvalue weighted by atomic mass is 9.76. The number of carboxylic acid groups (broad SMARTS) is 1. The van der Waals surface area contributed by atoms with Gasteiger partial charge in [-0.3, -0.25) is 28.8 Å². The number of benzene rings is 4. The van der Waals surface area contributed by atoms with E-state index in [1.54, 1.807) is 48.0 Å². The van der Waals surface area contributed by atoms with E-state index >= 15 is 0 Å². The van der Waals surface area contributed by atoms with Crippen molar-refractivity contribution in [3.8, 4) is 23.6 Å². The van der Waals surface area contributed by atoms with Gasteiger partial charge >= 0.3 is 5.97 Å². The highest BCUT2D eigenvalue weighted by atomic mass is 32.2. The Morgan fingerprint density at radius 3 is 2.22 bits per heavy atom. The summed E-state index contributed by atoms with van der Waals surface area (Å²) < 4.78 is 42.5. The second kappa shape index (κ2) is 19.6. The van der Waals surface area contributed by atoms with Crippen molar-refractivity contribution in [1.29, 1.82) is 10.5 Å². The predicted molar refractivity (Wildman–Crippen MR) is 276 cm³/mol. The van der Waals surface area contributed by atoms with Crippen molar-refractivity contribution in [2.24, 2.45) is 0 Å². The molecule has 0 radical (unpaired) electrons. The second-order valence-electron chi connectivity index (χ2n) is 19.2. The normalized spacial score (nSPS) is 16.4. The van der Waals surface area contributed by atoms with E-state index < -0.39 is 15.8 Å². The number of ether oxygens (including phenoxy) is 2. The number of nitrogens with one attached hydrogen (secondary N) is 3. The van der Waals surface area contributed by atoms with Gasteiger partial charge in [0.25, 0.3) is 0 Å². The third-order valence-corrected chi connectivity index (χ3v) is 15.8. The Kier molecular flexibility index (Phi) is 13.1. The highest BCUT2D eigenvalue weighted by Crippen LogP contribution is 2.43. The maximum Gasteiger partial charge on any atom is 0.317 e. The number of piperazine rings is 1. The number of likely N-dealkylation sites (N-methyl/N-ethyl adjacent to an activating group) is 1. The number of amides is 1. The van der Waals surface area contributed by atoms with E-state index in [9.17, 15) is 28.5 Å². The van der Waals surface area contributed by atoms with Crippen molar-refractivity contribution in [2.75, 3.05) is 78.2 Å². The van der Waals surface area contributed by atoms with Crippen LogP contribution >= 0.6 is 0 Å². The van der Waals surface area contributed by atoms with Gasteiger partial charge in [-0.15, -0.1) is 0 Å². The number of sulfone groups is 1. The molecule has 20 heteroatoms. The number of aromatic amines is 2. The molecule has 4 aromatic carbocycles. The first-order chi connectivity index (χ1) is 35.1. The van der Waals surface area contributed by atoms with Crippen molar-refractivity contribution in [1.82, 2.24) is 44.2 Å². The number of fused-ring (bicyclic) bond motifs is 4. The van der Waals surface area contributed by atoms with Gasteiger partial charge in [-0.25, -0.2) is 8.42 Å². The van der Waals surface area contributed by atoms with Gasteiger partial charge in [0.15, 0.2) is 15.6 Å². The van der Waals surface area contributed by atoms with Crippen molar-refractivity contribution in [3.05, 3.63) is 106 Å². The molecular weight excluding hydrogens is 949 g/mol. The van der Waals surface area contributed by atoms with E-state index in [1.165, 1.54) is 6.26 Å². The highest BCUT2D eigenvalue weighted by molar-refractivity contribution is 7.90. The minimum Gasteiger partial charge on any atom is -0.496 e. The molecule has 1 saturated carbocycles. The Morgan fingerprint density at radius 2 is 1.55 bits per heavy atom. The fraction of sp³-hybridized carbons (Fsp3) is 0.358. The van der Waals surface area contributed by atoms with Gasteiger partial charge in [0.1, 0.15) is 35.5 Å². The van der Waals surface area contributed by atoms with Crippen LogP contribution in [-0.4, -0.2) is 149 Å². The van der Waals surface area contributed by atoms with E-state index in [2.05, 4.69) is 32.3 Å². The predicted octanol–water partition coefficient (Wildman–Crippen LogP) is 6.12. The van der Waals surface area contributed by atoms with Crippen LogP contribution in [0, 0.1) is 36.5 Å². The van der Waals surface area contributed by atoms with Crippen LogP contribution in [0.4, 0.5) is 5.69 Å². The Bertz CT molecular complexity index is 3680. The number of carbonyl (C=O) groups excluding carboxylic acids is 1. The van der Waals surface area contributed by atoms with Crippen molar-refractivity contribution in [3.63, 3.8) is 0 Å². The molecule has 73 heavy (non-hydrogen) atoms. The third-order valence-electron chi connectivity index (χ3n) is 14.6. The minimum atomic E-state index is -3.71. The van der Waals surface area contributed by atoms with Crippen LogP contribution in [0.5, 0.6) is 11.5 Å². The number of aryl methyl sites for hydroxylation is 2. The number of H-pyrrole nitrogens is 2. The first-order valence-corrected chi connectivity index (χ1v) is 26.1. The average molecular weight is 1010 g/mol. The number of rotatable bonds is 17. The molecule has 4 aromatic heterocycles. The maximum atomic E-state index is 14.1. The highest BCUT2D eigenvalue weighted by Gasteiger charge is 2.38. The molecule has 4 N–H and O–H groups in total. The van der Waals surface area contributed by atoms with Crippen LogP contribution in [0.25, 0.3) is 43.6 Å². The van der Waals surface area contributed by atoms with Gasteiger partial charge < -0.3 is 34.8 Å². The minimum absolute atomic E-state index is 0.0120. The van der Waals surface area contributed by atoms with Gasteiger partial charge in [-0.05, 0) is 86.3 Å². The van der Waals surface area contributed by atoms with Gasteiger partial charge in [-0.1, -0.05) is 0 Å². The number of carbonyl (C=O) groups is 2. The molecule has 1 amide bonds. The van der Waals surface area contributed by atoms with Crippen molar-refractivity contribution in [2.45, 2.75) is 56.6 Å². The summed E-state index contributed by atoms with van der Waals surface area (Å²) in [5, 5.41) is 45.8. The van der Waals surface area contributed by atoms with Crippen LogP contribution in [0.3, 0.4) is 0 Å². The second-order valence-corrected chi connectivity index (χ2v) is 21.2. The number of carboxylic acids is 1. The monoisotopic (exact) mass is 1000 g/mol. The standard InChI is InChI=1S/C53H56N12O7S/c1-31-20-44(71-4)40(37-12-13-56-48(31)37)28-64-26-35-8-6-33(23-54)50(51(35)59-64)57-25-46(66)61(3)43-11-10-38(43)42-22-39-41(45(73(5,69)70)21-32(2)49(39)58-42)29-65-27-36-9-7-34(24-55)53(52(36)60-65)72-19-18-62-14-16-63(17-15-62)30-47(67)68/h6-9,12-13,20-22,26-27,38,43,56-58H,10-11,14-19,25,28-30H2,1-5H3,(H,67,68). The molecule has 1 aliphatic heterocycles. The first kappa shape index (κ1) is 48.7. The fourth-order valence-corrected chi connectivity index (χ4v) is 11.7.